The van der Waals surface area contributed by atoms with Crippen LogP contribution < -0.4 is 5.32 Å². The molecule has 1 aromatic heterocycles. The zero-order valence-electron chi connectivity index (χ0n) is 13.5. The summed E-state index contributed by atoms with van der Waals surface area (Å²) in [4.78, 5) is 14.3. The van der Waals surface area contributed by atoms with Crippen LogP contribution in [0.2, 0.25) is 0 Å². The Hall–Kier alpha value is -2.66. The molecular weight excluding hydrogens is 320 g/mol. The van der Waals surface area contributed by atoms with Gasteiger partial charge < -0.3 is 9.73 Å². The van der Waals surface area contributed by atoms with Crippen LogP contribution in [0, 0.1) is 0 Å². The van der Waals surface area contributed by atoms with Crippen molar-refractivity contribution in [3.8, 4) is 0 Å². The normalized spacial score (nSPS) is 18.2. The van der Waals surface area contributed by atoms with Gasteiger partial charge in [-0.1, -0.05) is 30.3 Å². The average Bonchev–Trinajstić information content (AvgIpc) is 3.16. The number of carbonyl (C=O) groups is 1. The quantitative estimate of drug-likeness (QED) is 0.675. The zero-order chi connectivity index (χ0) is 17.1. The Kier molecular flexibility index (Phi) is 4.62. The van der Waals surface area contributed by atoms with Crippen LogP contribution in [-0.2, 0) is 4.79 Å². The van der Waals surface area contributed by atoms with E-state index in [0.717, 1.165) is 16.9 Å². The predicted octanol–water partition coefficient (Wildman–Crippen LogP) is 4.04. The van der Waals surface area contributed by atoms with Crippen molar-refractivity contribution in [2.24, 2.45) is 0 Å². The molecule has 1 amide bonds. The number of hydrogen-bond donors (Lipinski definition) is 1. The molecule has 0 bridgehead atoms. The highest BCUT2D eigenvalue weighted by Gasteiger charge is 2.34. The Balaban J connectivity index is 1.82. The zero-order valence-corrected chi connectivity index (χ0v) is 14.3. The molecule has 1 atom stereocenters. The van der Waals surface area contributed by atoms with Gasteiger partial charge in [0.15, 0.2) is 5.11 Å². The van der Waals surface area contributed by atoms with E-state index in [1.807, 2.05) is 62.4 Å². The highest BCUT2D eigenvalue weighted by molar-refractivity contribution is 7.80. The van der Waals surface area contributed by atoms with Gasteiger partial charge in [-0.15, -0.1) is 0 Å². The van der Waals surface area contributed by atoms with Gasteiger partial charge in [0.2, 0.25) is 0 Å². The highest BCUT2D eigenvalue weighted by atomic mass is 32.1. The third-order valence-electron chi connectivity index (χ3n) is 3.86. The van der Waals surface area contributed by atoms with Gasteiger partial charge in [0.1, 0.15) is 11.5 Å². The molecule has 4 nitrogen and oxygen atoms in total. The van der Waals surface area contributed by atoms with Crippen molar-refractivity contribution in [1.82, 2.24) is 10.2 Å². The predicted molar refractivity (Wildman–Crippen MR) is 97.9 cm³/mol. The van der Waals surface area contributed by atoms with Crippen LogP contribution in [0.25, 0.3) is 6.08 Å². The van der Waals surface area contributed by atoms with Crippen molar-refractivity contribution in [3.63, 3.8) is 0 Å². The monoisotopic (exact) mass is 338 g/mol. The molecular formula is C19H18N2O2S. The molecule has 1 aliphatic rings. The van der Waals surface area contributed by atoms with Gasteiger partial charge >= 0.3 is 0 Å². The fourth-order valence-electron chi connectivity index (χ4n) is 2.65. The van der Waals surface area contributed by atoms with Crippen LogP contribution in [0.1, 0.15) is 31.2 Å². The lowest BCUT2D eigenvalue weighted by molar-refractivity contribution is -0.123. The number of nitrogens with zero attached hydrogens (tertiary/aromatic N) is 1. The molecule has 1 fully saturated rings. The van der Waals surface area contributed by atoms with Crippen LogP contribution in [0.15, 0.2) is 70.5 Å². The second-order valence-electron chi connectivity index (χ2n) is 5.65. The molecule has 1 aliphatic heterocycles. The van der Waals surface area contributed by atoms with Crippen LogP contribution in [0.3, 0.4) is 0 Å². The Morgan fingerprint density at radius 3 is 2.67 bits per heavy atom. The minimum Gasteiger partial charge on any atom is -0.465 e. The molecule has 2 heterocycles. The van der Waals surface area contributed by atoms with Crippen molar-refractivity contribution in [2.75, 3.05) is 0 Å². The molecule has 1 saturated heterocycles. The van der Waals surface area contributed by atoms with E-state index in [0.29, 0.717) is 10.8 Å². The topological polar surface area (TPSA) is 45.5 Å². The first kappa shape index (κ1) is 16.2. The van der Waals surface area contributed by atoms with Gasteiger partial charge in [-0.05, 0) is 61.5 Å². The van der Waals surface area contributed by atoms with Gasteiger partial charge in [-0.25, -0.2) is 0 Å². The molecule has 122 valence electrons. The maximum absolute atomic E-state index is 12.7. The Morgan fingerprint density at radius 2 is 2.00 bits per heavy atom. The summed E-state index contributed by atoms with van der Waals surface area (Å²) in [7, 11) is 0. The smallest absolute Gasteiger partial charge is 0.277 e. The number of nitrogens with one attached hydrogen (secondary N) is 1. The molecule has 1 aromatic carbocycles. The first-order chi connectivity index (χ1) is 11.6. The number of carbonyl (C=O) groups excluding carboxylic acids is 1. The van der Waals surface area contributed by atoms with E-state index >= 15 is 0 Å². The SMILES string of the molecule is CC(/C=C1\NC(=S)N(C(C)c2ccccc2)C1=O)=C\c1ccco1. The number of furan rings is 1. The van der Waals surface area contributed by atoms with E-state index in [1.54, 1.807) is 17.2 Å². The standard InChI is InChI=1S/C19H18N2O2S/c1-13(11-16-9-6-10-23-16)12-17-18(22)21(19(24)20-17)14(2)15-7-4-3-5-8-15/h3-12,14H,1-2H3,(H,20,24)/b13-11+,17-12-. The van der Waals surface area contributed by atoms with Gasteiger partial charge in [-0.2, -0.15) is 0 Å². The number of thiocarbonyl (C=S) groups is 1. The Morgan fingerprint density at radius 1 is 1.25 bits per heavy atom. The summed E-state index contributed by atoms with van der Waals surface area (Å²) in [6.07, 6.45) is 5.27. The maximum atomic E-state index is 12.7. The Labute approximate surface area is 146 Å². The minimum atomic E-state index is -0.126. The number of benzene rings is 1. The van der Waals surface area contributed by atoms with Crippen molar-refractivity contribution >= 4 is 29.3 Å². The van der Waals surface area contributed by atoms with Gasteiger partial charge in [0.25, 0.3) is 5.91 Å². The lowest BCUT2D eigenvalue weighted by atomic mass is 10.1. The van der Waals surface area contributed by atoms with Crippen molar-refractivity contribution in [1.29, 1.82) is 0 Å². The largest absolute Gasteiger partial charge is 0.465 e. The summed E-state index contributed by atoms with van der Waals surface area (Å²) in [6, 6.07) is 13.4. The summed E-state index contributed by atoms with van der Waals surface area (Å²) in [5.41, 5.74) is 2.42. The first-order valence-corrected chi connectivity index (χ1v) is 8.10. The number of rotatable bonds is 4. The molecule has 24 heavy (non-hydrogen) atoms. The van der Waals surface area contributed by atoms with Gasteiger partial charge in [0.05, 0.1) is 12.3 Å². The lowest BCUT2D eigenvalue weighted by Gasteiger charge is -2.23. The van der Waals surface area contributed by atoms with E-state index in [4.69, 9.17) is 16.6 Å². The summed E-state index contributed by atoms with van der Waals surface area (Å²) in [5, 5.41) is 3.44. The van der Waals surface area contributed by atoms with Crippen LogP contribution in [0.5, 0.6) is 0 Å². The molecule has 0 aliphatic carbocycles. The number of allylic oxidation sites excluding steroid dienone is 2. The minimum absolute atomic E-state index is 0.122. The van der Waals surface area contributed by atoms with E-state index in [1.165, 1.54) is 0 Å². The summed E-state index contributed by atoms with van der Waals surface area (Å²) >= 11 is 5.35. The van der Waals surface area contributed by atoms with Crippen LogP contribution >= 0.6 is 12.2 Å². The van der Waals surface area contributed by atoms with Crippen LogP contribution in [0.4, 0.5) is 0 Å². The molecule has 0 radical (unpaired) electrons. The second-order valence-corrected chi connectivity index (χ2v) is 6.04. The second kappa shape index (κ2) is 6.84. The Bertz CT molecular complexity index is 807. The van der Waals surface area contributed by atoms with Crippen molar-refractivity contribution < 1.29 is 9.21 Å². The lowest BCUT2D eigenvalue weighted by Crippen LogP contribution is -2.33. The molecule has 1 unspecified atom stereocenters. The van der Waals surface area contributed by atoms with E-state index < -0.39 is 0 Å². The average molecular weight is 338 g/mol. The van der Waals surface area contributed by atoms with E-state index in [2.05, 4.69) is 5.32 Å². The van der Waals surface area contributed by atoms with Crippen LogP contribution in [-0.4, -0.2) is 15.9 Å². The fourth-order valence-corrected chi connectivity index (χ4v) is 3.00. The fraction of sp³-hybridized carbons (Fsp3) is 0.158. The summed E-state index contributed by atoms with van der Waals surface area (Å²) in [6.45, 7) is 3.88. The van der Waals surface area contributed by atoms with Crippen molar-refractivity contribution in [3.05, 3.63) is 77.4 Å². The molecule has 1 N–H and O–H groups in total. The number of hydrogen-bond acceptors (Lipinski definition) is 3. The summed E-state index contributed by atoms with van der Waals surface area (Å²) in [5.74, 6) is 0.621. The number of amides is 1. The van der Waals surface area contributed by atoms with E-state index in [-0.39, 0.29) is 11.9 Å². The third kappa shape index (κ3) is 3.31. The van der Waals surface area contributed by atoms with Crippen molar-refractivity contribution in [2.45, 2.75) is 19.9 Å². The third-order valence-corrected chi connectivity index (χ3v) is 4.16. The molecule has 0 spiro atoms. The summed E-state index contributed by atoms with van der Waals surface area (Å²) < 4.78 is 5.29. The molecule has 2 aromatic rings. The van der Waals surface area contributed by atoms with E-state index in [9.17, 15) is 4.79 Å². The molecule has 3 rings (SSSR count). The maximum Gasteiger partial charge on any atom is 0.277 e. The van der Waals surface area contributed by atoms with Gasteiger partial charge in [-0.3, -0.25) is 9.69 Å². The van der Waals surface area contributed by atoms with Gasteiger partial charge in [0, 0.05) is 0 Å². The highest BCUT2D eigenvalue weighted by Crippen LogP contribution is 2.26. The molecule has 5 heteroatoms. The first-order valence-electron chi connectivity index (χ1n) is 7.69. The molecule has 0 saturated carbocycles.